The molecule has 2 N–H and O–H groups in total. The van der Waals surface area contributed by atoms with Gasteiger partial charge in [-0.1, -0.05) is 6.07 Å². The van der Waals surface area contributed by atoms with Gasteiger partial charge in [0.05, 0.1) is 11.0 Å². The lowest BCUT2D eigenvalue weighted by molar-refractivity contribution is -0.117. The Kier molecular flexibility index (Phi) is 3.94. The summed E-state index contributed by atoms with van der Waals surface area (Å²) in [6.45, 7) is 3.92. The van der Waals surface area contributed by atoms with Gasteiger partial charge in [-0.2, -0.15) is 0 Å². The van der Waals surface area contributed by atoms with E-state index < -0.39 is 0 Å². The molecule has 5 rings (SSSR count). The third-order valence-corrected chi connectivity index (χ3v) is 5.56. The molecule has 0 atom stereocenters. The fourth-order valence-corrected chi connectivity index (χ4v) is 3.83. The molecule has 2 heterocycles. The zero-order valence-corrected chi connectivity index (χ0v) is 16.2. The molecule has 1 aliphatic rings. The summed E-state index contributed by atoms with van der Waals surface area (Å²) in [4.78, 5) is 25.7. The number of anilines is 1. The smallest absolute Gasteiger partial charge is 0.228 e. The van der Waals surface area contributed by atoms with Crippen LogP contribution in [0.25, 0.3) is 32.9 Å². The second-order valence-corrected chi connectivity index (χ2v) is 7.63. The van der Waals surface area contributed by atoms with Gasteiger partial charge in [0, 0.05) is 40.8 Å². The number of carbonyl (C=O) groups is 1. The molecular formula is C23H20N4O2. The molecule has 6 nitrogen and oxygen atoms in total. The Morgan fingerprint density at radius 3 is 2.59 bits per heavy atom. The van der Waals surface area contributed by atoms with Gasteiger partial charge in [-0.25, -0.2) is 4.98 Å². The maximum absolute atomic E-state index is 12.1. The number of phenolic OH excluding ortho intramolecular Hbond substituents is 1. The number of amides is 1. The molecule has 0 saturated heterocycles. The minimum Gasteiger partial charge on any atom is -0.508 e. The first-order chi connectivity index (χ1) is 14.0. The van der Waals surface area contributed by atoms with Crippen molar-refractivity contribution in [3.8, 4) is 16.9 Å². The number of aryl methyl sites for hydroxylation is 1. The van der Waals surface area contributed by atoms with Gasteiger partial charge < -0.3 is 10.4 Å². The van der Waals surface area contributed by atoms with Crippen molar-refractivity contribution < 1.29 is 9.90 Å². The number of nitrogens with one attached hydrogen (secondary N) is 1. The summed E-state index contributed by atoms with van der Waals surface area (Å²) < 4.78 is 0. The Morgan fingerprint density at radius 2 is 1.83 bits per heavy atom. The summed E-state index contributed by atoms with van der Waals surface area (Å²) in [6.07, 6.45) is 6.97. The van der Waals surface area contributed by atoms with E-state index in [1.807, 2.05) is 32.0 Å². The molecule has 0 unspecified atom stereocenters. The van der Waals surface area contributed by atoms with E-state index in [9.17, 15) is 9.90 Å². The molecule has 1 fully saturated rings. The highest BCUT2D eigenvalue weighted by Gasteiger charge is 2.29. The highest BCUT2D eigenvalue weighted by atomic mass is 16.3. The molecule has 29 heavy (non-hydrogen) atoms. The maximum Gasteiger partial charge on any atom is 0.228 e. The Balaban J connectivity index is 1.74. The van der Waals surface area contributed by atoms with Gasteiger partial charge in [-0.05, 0) is 61.6 Å². The van der Waals surface area contributed by atoms with Crippen LogP contribution >= 0.6 is 0 Å². The van der Waals surface area contributed by atoms with Gasteiger partial charge in [0.2, 0.25) is 5.91 Å². The van der Waals surface area contributed by atoms with Crippen LogP contribution in [0.15, 0.2) is 42.9 Å². The van der Waals surface area contributed by atoms with Crippen molar-refractivity contribution in [2.75, 3.05) is 5.32 Å². The number of benzene rings is 2. The van der Waals surface area contributed by atoms with Crippen LogP contribution in [0, 0.1) is 19.8 Å². The van der Waals surface area contributed by atoms with Crippen LogP contribution in [-0.2, 0) is 4.79 Å². The van der Waals surface area contributed by atoms with Crippen molar-refractivity contribution in [3.05, 3.63) is 54.0 Å². The Hall–Kier alpha value is -3.54. The summed E-state index contributed by atoms with van der Waals surface area (Å²) in [7, 11) is 0. The zero-order chi connectivity index (χ0) is 20.1. The summed E-state index contributed by atoms with van der Waals surface area (Å²) in [5, 5.41) is 14.9. The van der Waals surface area contributed by atoms with Crippen molar-refractivity contribution >= 4 is 33.5 Å². The van der Waals surface area contributed by atoms with E-state index in [2.05, 4.69) is 20.3 Å². The van der Waals surface area contributed by atoms with Gasteiger partial charge in [0.15, 0.2) is 0 Å². The molecule has 6 heteroatoms. The first kappa shape index (κ1) is 17.6. The van der Waals surface area contributed by atoms with E-state index in [-0.39, 0.29) is 17.6 Å². The van der Waals surface area contributed by atoms with E-state index in [0.29, 0.717) is 5.82 Å². The second-order valence-electron chi connectivity index (χ2n) is 7.63. The molecule has 1 saturated carbocycles. The van der Waals surface area contributed by atoms with Crippen LogP contribution in [0.4, 0.5) is 5.82 Å². The first-order valence-corrected chi connectivity index (χ1v) is 9.67. The Labute approximate surface area is 167 Å². The summed E-state index contributed by atoms with van der Waals surface area (Å²) in [5.41, 5.74) is 5.20. The topological polar surface area (TPSA) is 88.0 Å². The SMILES string of the molecule is Cc1ccc(O)c(C)c1-c1cc2cnc(NC(=O)C3CC3)cc2c2nccnc12. The van der Waals surface area contributed by atoms with Crippen LogP contribution < -0.4 is 5.32 Å². The Bertz CT molecular complexity index is 1300. The molecule has 4 aromatic rings. The summed E-state index contributed by atoms with van der Waals surface area (Å²) in [5.74, 6) is 0.913. The van der Waals surface area contributed by atoms with E-state index in [1.54, 1.807) is 24.7 Å². The average molecular weight is 384 g/mol. The highest BCUT2D eigenvalue weighted by molar-refractivity contribution is 6.11. The van der Waals surface area contributed by atoms with Crippen molar-refractivity contribution in [3.63, 3.8) is 0 Å². The number of aromatic hydroxyl groups is 1. The molecule has 2 aromatic carbocycles. The van der Waals surface area contributed by atoms with E-state index in [4.69, 9.17) is 0 Å². The van der Waals surface area contributed by atoms with Crippen LogP contribution in [0.2, 0.25) is 0 Å². The number of hydrogen-bond acceptors (Lipinski definition) is 5. The molecule has 1 aliphatic carbocycles. The van der Waals surface area contributed by atoms with Crippen molar-refractivity contribution in [2.45, 2.75) is 26.7 Å². The number of rotatable bonds is 3. The number of aromatic nitrogens is 3. The molecule has 0 spiro atoms. The molecule has 1 amide bonds. The van der Waals surface area contributed by atoms with Crippen molar-refractivity contribution in [1.29, 1.82) is 0 Å². The predicted molar refractivity (Wildman–Crippen MR) is 113 cm³/mol. The van der Waals surface area contributed by atoms with Gasteiger partial charge >= 0.3 is 0 Å². The molecule has 0 aliphatic heterocycles. The summed E-state index contributed by atoms with van der Waals surface area (Å²) in [6, 6.07) is 7.50. The highest BCUT2D eigenvalue weighted by Crippen LogP contribution is 2.39. The zero-order valence-electron chi connectivity index (χ0n) is 16.2. The third kappa shape index (κ3) is 2.97. The number of carbonyl (C=O) groups excluding carboxylic acids is 1. The molecular weight excluding hydrogens is 364 g/mol. The van der Waals surface area contributed by atoms with E-state index in [1.165, 1.54) is 0 Å². The minimum atomic E-state index is 0.0230. The fraction of sp³-hybridized carbons (Fsp3) is 0.217. The lowest BCUT2D eigenvalue weighted by Crippen LogP contribution is -2.14. The second kappa shape index (κ2) is 6.51. The third-order valence-electron chi connectivity index (χ3n) is 5.56. The average Bonchev–Trinajstić information content (AvgIpc) is 3.57. The minimum absolute atomic E-state index is 0.0230. The van der Waals surface area contributed by atoms with Crippen molar-refractivity contribution in [2.24, 2.45) is 5.92 Å². The standard InChI is InChI=1S/C23H20N4O2/c1-12-3-6-18(28)13(2)20(12)17-9-15-11-26-19(27-23(29)14-4-5-14)10-16(15)21-22(17)25-8-7-24-21/h3,6-11,14,28H,4-5H2,1-2H3,(H,26,27,29). The van der Waals surface area contributed by atoms with Crippen LogP contribution in [0.5, 0.6) is 5.75 Å². The largest absolute Gasteiger partial charge is 0.508 e. The van der Waals surface area contributed by atoms with E-state index >= 15 is 0 Å². The quantitative estimate of drug-likeness (QED) is 0.507. The van der Waals surface area contributed by atoms with E-state index in [0.717, 1.165) is 56.9 Å². The van der Waals surface area contributed by atoms with Crippen LogP contribution in [0.3, 0.4) is 0 Å². The predicted octanol–water partition coefficient (Wildman–Crippen LogP) is 4.52. The van der Waals surface area contributed by atoms with Gasteiger partial charge in [0.25, 0.3) is 0 Å². The number of nitrogens with zero attached hydrogens (tertiary/aromatic N) is 3. The number of fused-ring (bicyclic) bond motifs is 3. The lowest BCUT2D eigenvalue weighted by Gasteiger charge is -2.15. The molecule has 144 valence electrons. The normalized spacial score (nSPS) is 13.7. The monoisotopic (exact) mass is 384 g/mol. The Morgan fingerprint density at radius 1 is 1.07 bits per heavy atom. The molecule has 2 aromatic heterocycles. The number of hydrogen-bond donors (Lipinski definition) is 2. The van der Waals surface area contributed by atoms with Crippen molar-refractivity contribution in [1.82, 2.24) is 15.0 Å². The maximum atomic E-state index is 12.1. The van der Waals surface area contributed by atoms with Gasteiger partial charge in [-0.3, -0.25) is 14.8 Å². The van der Waals surface area contributed by atoms with Gasteiger partial charge in [0.1, 0.15) is 11.6 Å². The lowest BCUT2D eigenvalue weighted by atomic mass is 9.92. The fourth-order valence-electron chi connectivity index (χ4n) is 3.83. The van der Waals surface area contributed by atoms with Crippen LogP contribution in [0.1, 0.15) is 24.0 Å². The number of pyridine rings is 1. The molecule has 0 radical (unpaired) electrons. The van der Waals surface area contributed by atoms with Crippen LogP contribution in [-0.4, -0.2) is 26.0 Å². The number of phenols is 1. The van der Waals surface area contributed by atoms with Gasteiger partial charge in [-0.15, -0.1) is 0 Å². The molecule has 0 bridgehead atoms. The first-order valence-electron chi connectivity index (χ1n) is 9.67. The summed E-state index contributed by atoms with van der Waals surface area (Å²) >= 11 is 0.